The van der Waals surface area contributed by atoms with Gasteiger partial charge in [-0.05, 0) is 74.8 Å². The number of fused-ring (bicyclic) bond motifs is 1. The molecule has 0 atom stereocenters. The first-order valence-electron chi connectivity index (χ1n) is 6.97. The monoisotopic (exact) mass is 417 g/mol. The lowest BCUT2D eigenvalue weighted by atomic mass is 10.0. The molecule has 0 saturated heterocycles. The van der Waals surface area contributed by atoms with Gasteiger partial charge in [0.15, 0.2) is 0 Å². The van der Waals surface area contributed by atoms with Gasteiger partial charge in [0, 0.05) is 14.7 Å². The van der Waals surface area contributed by atoms with Gasteiger partial charge >= 0.3 is 5.97 Å². The first-order valence-corrected chi connectivity index (χ1v) is 8.86. The first kappa shape index (κ1) is 16.7. The Kier molecular flexibility index (Phi) is 4.63. The summed E-state index contributed by atoms with van der Waals surface area (Å²) >= 11 is 3.67. The van der Waals surface area contributed by atoms with E-state index in [0.717, 1.165) is 25.9 Å². The van der Waals surface area contributed by atoms with Crippen LogP contribution in [0.4, 0.5) is 0 Å². The molecule has 0 aliphatic heterocycles. The molecule has 0 aliphatic carbocycles. The summed E-state index contributed by atoms with van der Waals surface area (Å²) in [4.78, 5) is 18.6. The van der Waals surface area contributed by atoms with Crippen LogP contribution in [0.3, 0.4) is 0 Å². The van der Waals surface area contributed by atoms with Crippen molar-refractivity contribution >= 4 is 50.1 Å². The third kappa shape index (κ3) is 3.23. The largest absolute Gasteiger partial charge is 0.456 e. The zero-order valence-electron chi connectivity index (χ0n) is 13.3. The summed E-state index contributed by atoms with van der Waals surface area (Å²) in [5.41, 5.74) is 3.07. The predicted molar refractivity (Wildman–Crippen MR) is 96.4 cm³/mol. The first-order chi connectivity index (χ1) is 9.65. The Labute approximate surface area is 143 Å². The number of aryl methyl sites for hydroxylation is 2. The van der Waals surface area contributed by atoms with E-state index >= 15 is 0 Å². The summed E-state index contributed by atoms with van der Waals surface area (Å²) in [6.45, 7) is 11.9. The van der Waals surface area contributed by atoms with Gasteiger partial charge < -0.3 is 4.74 Å². The predicted octanol–water partition coefficient (Wildman–Crippen LogP) is 5.04. The van der Waals surface area contributed by atoms with Crippen LogP contribution in [0.5, 0.6) is 0 Å². The van der Waals surface area contributed by atoms with Gasteiger partial charge in [-0.1, -0.05) is 6.92 Å². The maximum Gasteiger partial charge on any atom is 0.350 e. The minimum atomic E-state index is -0.483. The molecule has 21 heavy (non-hydrogen) atoms. The van der Waals surface area contributed by atoms with Gasteiger partial charge in [-0.25, -0.2) is 9.78 Å². The van der Waals surface area contributed by atoms with Gasteiger partial charge in [-0.3, -0.25) is 0 Å². The Hall–Kier alpha value is -0.690. The van der Waals surface area contributed by atoms with E-state index in [1.807, 2.05) is 27.7 Å². The number of carbonyl (C=O) groups excluding carboxylic acids is 1. The topological polar surface area (TPSA) is 39.2 Å². The molecule has 114 valence electrons. The number of pyridine rings is 1. The van der Waals surface area contributed by atoms with Gasteiger partial charge in [0.1, 0.15) is 15.3 Å². The number of ether oxygens (including phenoxy) is 1. The summed E-state index contributed by atoms with van der Waals surface area (Å²) in [6, 6.07) is 0. The van der Waals surface area contributed by atoms with Crippen molar-refractivity contribution in [3.8, 4) is 0 Å². The summed E-state index contributed by atoms with van der Waals surface area (Å²) in [5.74, 6) is -0.259. The van der Waals surface area contributed by atoms with Gasteiger partial charge in [0.25, 0.3) is 0 Å². The highest BCUT2D eigenvalue weighted by molar-refractivity contribution is 14.1. The second-order valence-electron chi connectivity index (χ2n) is 6.08. The Bertz CT molecular complexity index is 713. The van der Waals surface area contributed by atoms with Crippen molar-refractivity contribution in [2.45, 2.75) is 53.6 Å². The molecule has 0 fully saturated rings. The van der Waals surface area contributed by atoms with Crippen LogP contribution >= 0.6 is 33.9 Å². The molecule has 2 aromatic rings. The maximum absolute atomic E-state index is 12.4. The number of aromatic nitrogens is 1. The van der Waals surface area contributed by atoms with Crippen LogP contribution in [0.1, 0.15) is 54.2 Å². The lowest BCUT2D eigenvalue weighted by molar-refractivity contribution is 0.00742. The Balaban J connectivity index is 2.62. The normalized spacial score (nSPS) is 12.0. The summed E-state index contributed by atoms with van der Waals surface area (Å²) in [6.07, 6.45) is 0.953. The molecule has 2 aromatic heterocycles. The van der Waals surface area contributed by atoms with E-state index in [1.165, 1.54) is 22.5 Å². The summed E-state index contributed by atoms with van der Waals surface area (Å²) < 4.78 is 6.46. The van der Waals surface area contributed by atoms with Gasteiger partial charge in [0.2, 0.25) is 0 Å². The Morgan fingerprint density at radius 2 is 1.95 bits per heavy atom. The quantitative estimate of drug-likeness (QED) is 0.508. The number of hydrogen-bond acceptors (Lipinski definition) is 4. The molecule has 5 heteroatoms. The fraction of sp³-hybridized carbons (Fsp3) is 0.500. The van der Waals surface area contributed by atoms with Crippen molar-refractivity contribution in [1.29, 1.82) is 0 Å². The maximum atomic E-state index is 12.4. The number of halogens is 1. The van der Waals surface area contributed by atoms with Crippen molar-refractivity contribution in [2.75, 3.05) is 0 Å². The molecule has 0 saturated carbocycles. The third-order valence-electron chi connectivity index (χ3n) is 3.30. The van der Waals surface area contributed by atoms with E-state index in [2.05, 4.69) is 41.4 Å². The standard InChI is InChI=1S/C16H20INO2S/c1-7-10-8(2)11-12(17)13(15(19)20-16(4,5)6)21-14(11)18-9(10)3/h7H2,1-6H3. The smallest absolute Gasteiger partial charge is 0.350 e. The van der Waals surface area contributed by atoms with E-state index in [0.29, 0.717) is 4.88 Å². The Morgan fingerprint density at radius 1 is 1.33 bits per heavy atom. The van der Waals surface area contributed by atoms with Crippen molar-refractivity contribution < 1.29 is 9.53 Å². The number of rotatable bonds is 2. The van der Waals surface area contributed by atoms with E-state index in [4.69, 9.17) is 4.74 Å². The number of thiophene rings is 1. The molecule has 2 heterocycles. The molecule has 0 aliphatic rings. The number of carbonyl (C=O) groups is 1. The molecule has 0 amide bonds. The SMILES string of the molecule is CCc1c(C)nc2sc(C(=O)OC(C)(C)C)c(I)c2c1C. The molecule has 2 rings (SSSR count). The van der Waals surface area contributed by atoms with Crippen LogP contribution in [-0.2, 0) is 11.2 Å². The summed E-state index contributed by atoms with van der Waals surface area (Å²) in [7, 11) is 0. The molecular formula is C16H20INO2S. The van der Waals surface area contributed by atoms with Crippen LogP contribution in [0.2, 0.25) is 0 Å². The minimum Gasteiger partial charge on any atom is -0.456 e. The van der Waals surface area contributed by atoms with Crippen LogP contribution < -0.4 is 0 Å². The average molecular weight is 417 g/mol. The highest BCUT2D eigenvalue weighted by atomic mass is 127. The van der Waals surface area contributed by atoms with Gasteiger partial charge in [-0.2, -0.15) is 0 Å². The van der Waals surface area contributed by atoms with Crippen LogP contribution in [0, 0.1) is 17.4 Å². The van der Waals surface area contributed by atoms with Crippen LogP contribution in [-0.4, -0.2) is 16.6 Å². The van der Waals surface area contributed by atoms with Crippen LogP contribution in [0.25, 0.3) is 10.2 Å². The molecule has 0 radical (unpaired) electrons. The van der Waals surface area contributed by atoms with Gasteiger partial charge in [-0.15, -0.1) is 11.3 Å². The van der Waals surface area contributed by atoms with E-state index in [1.54, 1.807) is 0 Å². The second kappa shape index (κ2) is 5.83. The van der Waals surface area contributed by atoms with E-state index < -0.39 is 5.60 Å². The lowest BCUT2D eigenvalue weighted by Crippen LogP contribution is -2.23. The van der Waals surface area contributed by atoms with Gasteiger partial charge in [0.05, 0.1) is 0 Å². The molecule has 0 aromatic carbocycles. The Morgan fingerprint density at radius 3 is 2.48 bits per heavy atom. The zero-order valence-corrected chi connectivity index (χ0v) is 16.2. The van der Waals surface area contributed by atoms with Crippen LogP contribution in [0.15, 0.2) is 0 Å². The summed E-state index contributed by atoms with van der Waals surface area (Å²) in [5, 5.41) is 1.10. The number of esters is 1. The minimum absolute atomic E-state index is 0.259. The molecule has 0 N–H and O–H groups in total. The molecule has 0 bridgehead atoms. The lowest BCUT2D eigenvalue weighted by Gasteiger charge is -2.18. The number of nitrogens with zero attached hydrogens (tertiary/aromatic N) is 1. The fourth-order valence-corrected chi connectivity index (χ4v) is 4.87. The highest BCUT2D eigenvalue weighted by Gasteiger charge is 2.25. The number of hydrogen-bond donors (Lipinski definition) is 0. The third-order valence-corrected chi connectivity index (χ3v) is 5.81. The molecular weight excluding hydrogens is 397 g/mol. The molecule has 3 nitrogen and oxygen atoms in total. The fourth-order valence-electron chi connectivity index (χ4n) is 2.42. The van der Waals surface area contributed by atoms with E-state index in [-0.39, 0.29) is 5.97 Å². The van der Waals surface area contributed by atoms with Crippen molar-refractivity contribution in [3.63, 3.8) is 0 Å². The zero-order chi connectivity index (χ0) is 15.9. The molecule has 0 spiro atoms. The van der Waals surface area contributed by atoms with Crippen molar-refractivity contribution in [1.82, 2.24) is 4.98 Å². The van der Waals surface area contributed by atoms with E-state index in [9.17, 15) is 4.79 Å². The average Bonchev–Trinajstić information content (AvgIpc) is 2.65. The molecule has 0 unspecified atom stereocenters. The van der Waals surface area contributed by atoms with Crippen molar-refractivity contribution in [3.05, 3.63) is 25.3 Å². The second-order valence-corrected chi connectivity index (χ2v) is 8.16. The van der Waals surface area contributed by atoms with Crippen molar-refractivity contribution in [2.24, 2.45) is 0 Å². The highest BCUT2D eigenvalue weighted by Crippen LogP contribution is 2.36.